The van der Waals surface area contributed by atoms with Gasteiger partial charge in [-0.2, -0.15) is 0 Å². The zero-order valence-corrected chi connectivity index (χ0v) is 21.1. The van der Waals surface area contributed by atoms with Gasteiger partial charge in [0.2, 0.25) is 5.91 Å². The van der Waals surface area contributed by atoms with E-state index in [4.69, 9.17) is 19.4 Å². The maximum Gasteiger partial charge on any atom is 0.249 e. The summed E-state index contributed by atoms with van der Waals surface area (Å²) in [7, 11) is 3.10. The number of rotatable bonds is 7. The highest BCUT2D eigenvalue weighted by molar-refractivity contribution is 5.85. The summed E-state index contributed by atoms with van der Waals surface area (Å²) in [6.07, 6.45) is 2.46. The van der Waals surface area contributed by atoms with E-state index in [9.17, 15) is 9.90 Å². The van der Waals surface area contributed by atoms with Crippen LogP contribution in [0.2, 0.25) is 0 Å². The van der Waals surface area contributed by atoms with Crippen LogP contribution in [0.1, 0.15) is 29.3 Å². The molecule has 4 heterocycles. The molecule has 0 radical (unpaired) electrons. The van der Waals surface area contributed by atoms with Gasteiger partial charge in [-0.05, 0) is 25.5 Å². The molecule has 4 aromatic rings. The Balaban J connectivity index is 1.57. The highest BCUT2D eigenvalue weighted by Gasteiger charge is 2.39. The molecule has 1 aliphatic rings. The number of methoxy groups -OCH3 is 1. The third-order valence-corrected chi connectivity index (χ3v) is 6.27. The van der Waals surface area contributed by atoms with Crippen molar-refractivity contribution in [1.29, 1.82) is 0 Å². The molecule has 11 nitrogen and oxygen atoms in total. The van der Waals surface area contributed by atoms with Gasteiger partial charge in [0.1, 0.15) is 18.0 Å². The Morgan fingerprint density at radius 1 is 1.19 bits per heavy atom. The summed E-state index contributed by atoms with van der Waals surface area (Å²) in [5, 5.41) is 16.7. The van der Waals surface area contributed by atoms with Crippen molar-refractivity contribution in [2.75, 3.05) is 19.5 Å². The van der Waals surface area contributed by atoms with Crippen molar-refractivity contribution >= 4 is 22.9 Å². The minimum atomic E-state index is -0.914. The number of aliphatic hydroxyl groups is 1. The van der Waals surface area contributed by atoms with Crippen molar-refractivity contribution in [3.8, 4) is 17.1 Å². The number of imidazole rings is 1. The lowest BCUT2D eigenvalue weighted by atomic mass is 10.1. The van der Waals surface area contributed by atoms with E-state index in [1.807, 2.05) is 0 Å². The maximum atomic E-state index is 12.1. The average Bonchev–Trinajstić information content (AvgIpc) is 3.49. The molecule has 1 aliphatic heterocycles. The molecule has 0 bridgehead atoms. The van der Waals surface area contributed by atoms with Crippen molar-refractivity contribution in [2.45, 2.75) is 45.2 Å². The summed E-state index contributed by atoms with van der Waals surface area (Å²) < 4.78 is 12.9. The number of benzene rings is 1. The van der Waals surface area contributed by atoms with Crippen molar-refractivity contribution in [1.82, 2.24) is 29.8 Å². The molecule has 1 fully saturated rings. The van der Waals surface area contributed by atoms with E-state index in [2.05, 4.69) is 52.6 Å². The lowest BCUT2D eigenvalue weighted by Gasteiger charge is -2.17. The Bertz CT molecular complexity index is 1430. The van der Waals surface area contributed by atoms with Gasteiger partial charge in [0.05, 0.1) is 19.6 Å². The zero-order valence-electron chi connectivity index (χ0n) is 21.1. The van der Waals surface area contributed by atoms with Gasteiger partial charge in [0.15, 0.2) is 29.0 Å². The number of nitrogens with one attached hydrogen (secondary N) is 2. The molecule has 3 atom stereocenters. The van der Waals surface area contributed by atoms with Gasteiger partial charge in [-0.3, -0.25) is 14.3 Å². The van der Waals surface area contributed by atoms with Crippen LogP contribution in [-0.4, -0.2) is 61.9 Å². The number of likely N-dealkylation sites (N-methyl/N-ethyl adjacent to an activating group) is 1. The van der Waals surface area contributed by atoms with Crippen LogP contribution in [0.4, 0.5) is 5.82 Å². The number of amides is 1. The lowest BCUT2D eigenvalue weighted by Crippen LogP contribution is -2.31. The average molecular weight is 504 g/mol. The van der Waals surface area contributed by atoms with Crippen LogP contribution in [0.5, 0.6) is 5.75 Å². The molecule has 1 saturated heterocycles. The van der Waals surface area contributed by atoms with E-state index >= 15 is 0 Å². The number of hydrogen-bond acceptors (Lipinski definition) is 9. The van der Waals surface area contributed by atoms with E-state index in [0.29, 0.717) is 40.7 Å². The molecular formula is C26H29N7O4. The number of fused-ring (bicyclic) bond motifs is 1. The number of carbonyl (C=O) groups is 1. The quantitative estimate of drug-likeness (QED) is 0.347. The summed E-state index contributed by atoms with van der Waals surface area (Å²) >= 11 is 0. The first-order valence-corrected chi connectivity index (χ1v) is 12.0. The Morgan fingerprint density at radius 3 is 2.70 bits per heavy atom. The molecule has 1 amide bonds. The monoisotopic (exact) mass is 503 g/mol. The molecule has 0 unspecified atom stereocenters. The number of nitrogens with zero attached hydrogens (tertiary/aromatic N) is 5. The molecule has 0 saturated carbocycles. The first-order valence-electron chi connectivity index (χ1n) is 12.0. The van der Waals surface area contributed by atoms with Crippen LogP contribution in [0.25, 0.3) is 22.6 Å². The van der Waals surface area contributed by atoms with Gasteiger partial charge < -0.3 is 25.2 Å². The van der Waals surface area contributed by atoms with E-state index in [1.54, 1.807) is 36.5 Å². The van der Waals surface area contributed by atoms with Crippen LogP contribution in [0.3, 0.4) is 0 Å². The Labute approximate surface area is 213 Å². The van der Waals surface area contributed by atoms with Crippen molar-refractivity contribution < 1.29 is 19.4 Å². The summed E-state index contributed by atoms with van der Waals surface area (Å²) in [5.41, 5.74) is 5.08. The van der Waals surface area contributed by atoms with Crippen molar-refractivity contribution in [3.05, 3.63) is 59.7 Å². The molecular weight excluding hydrogens is 474 g/mol. The molecule has 1 aromatic carbocycles. The molecule has 3 aromatic heterocycles. The van der Waals surface area contributed by atoms with E-state index in [0.717, 1.165) is 5.56 Å². The first-order chi connectivity index (χ1) is 17.9. The largest absolute Gasteiger partial charge is 0.495 e. The summed E-state index contributed by atoms with van der Waals surface area (Å²) in [6.45, 7) is 4.65. The molecule has 0 spiro atoms. The van der Waals surface area contributed by atoms with Crippen LogP contribution in [-0.2, 0) is 16.1 Å². The number of ether oxygens (including phenoxy) is 2. The number of aryl methyl sites for hydroxylation is 2. The highest BCUT2D eigenvalue weighted by atomic mass is 16.5. The predicted molar refractivity (Wildman–Crippen MR) is 137 cm³/mol. The van der Waals surface area contributed by atoms with Gasteiger partial charge in [-0.25, -0.2) is 15.0 Å². The molecule has 192 valence electrons. The van der Waals surface area contributed by atoms with Crippen LogP contribution in [0, 0.1) is 13.8 Å². The third kappa shape index (κ3) is 4.95. The molecule has 0 aliphatic carbocycles. The van der Waals surface area contributed by atoms with Gasteiger partial charge in [-0.15, -0.1) is 0 Å². The second kappa shape index (κ2) is 10.1. The Morgan fingerprint density at radius 2 is 1.97 bits per heavy atom. The standard InChI is InChI=1S/C26H29N7O4/c1-14-5-15(2)7-16(6-14)10-29-23-21-24(32-22(31-23)17-8-18(36-4)12-28-11-17)33(13-30-21)26-19(34)9-20(37-26)25(35)27-3/h5-8,11-13,19-20,26,34H,9-10H2,1-4H3,(H,27,35)(H,29,31,32)/t19-,20+,26-/m1/s1. The second-order valence-electron chi connectivity index (χ2n) is 9.12. The smallest absolute Gasteiger partial charge is 0.249 e. The highest BCUT2D eigenvalue weighted by Crippen LogP contribution is 2.33. The summed E-state index contributed by atoms with van der Waals surface area (Å²) in [5.74, 6) is 1.21. The Hall–Kier alpha value is -4.09. The van der Waals surface area contributed by atoms with Gasteiger partial charge in [-0.1, -0.05) is 29.3 Å². The predicted octanol–water partition coefficient (Wildman–Crippen LogP) is 2.52. The molecule has 5 rings (SSSR count). The maximum absolute atomic E-state index is 12.1. The first kappa shape index (κ1) is 24.6. The lowest BCUT2D eigenvalue weighted by molar-refractivity contribution is -0.134. The van der Waals surface area contributed by atoms with Crippen LogP contribution >= 0.6 is 0 Å². The fourth-order valence-corrected chi connectivity index (χ4v) is 4.60. The zero-order chi connectivity index (χ0) is 26.1. The van der Waals surface area contributed by atoms with Gasteiger partial charge >= 0.3 is 0 Å². The van der Waals surface area contributed by atoms with E-state index < -0.39 is 18.4 Å². The fourth-order valence-electron chi connectivity index (χ4n) is 4.60. The minimum Gasteiger partial charge on any atom is -0.495 e. The molecule has 3 N–H and O–H groups in total. The molecule has 37 heavy (non-hydrogen) atoms. The second-order valence-corrected chi connectivity index (χ2v) is 9.12. The van der Waals surface area contributed by atoms with Crippen molar-refractivity contribution in [2.24, 2.45) is 0 Å². The van der Waals surface area contributed by atoms with Gasteiger partial charge in [0, 0.05) is 31.8 Å². The topological polar surface area (TPSA) is 136 Å². The number of anilines is 1. The number of carbonyl (C=O) groups excluding carboxylic acids is 1. The van der Waals surface area contributed by atoms with Crippen molar-refractivity contribution in [3.63, 3.8) is 0 Å². The molecule has 11 heteroatoms. The van der Waals surface area contributed by atoms with E-state index in [1.165, 1.54) is 18.2 Å². The van der Waals surface area contributed by atoms with E-state index in [-0.39, 0.29) is 12.3 Å². The summed E-state index contributed by atoms with van der Waals surface area (Å²) in [6, 6.07) is 8.16. The fraction of sp³-hybridized carbons (Fsp3) is 0.346. The number of hydrogen-bond donors (Lipinski definition) is 3. The SMILES string of the molecule is CNC(=O)[C@@H]1C[C@@H](O)[C@H](n2cnc3c(NCc4cc(C)cc(C)c4)nc(-c4cncc(OC)c4)nc32)O1. The minimum absolute atomic E-state index is 0.166. The third-order valence-electron chi connectivity index (χ3n) is 6.27. The summed E-state index contributed by atoms with van der Waals surface area (Å²) in [4.78, 5) is 30.4. The normalized spacial score (nSPS) is 19.2. The van der Waals surface area contributed by atoms with Gasteiger partial charge in [0.25, 0.3) is 0 Å². The van der Waals surface area contributed by atoms with Crippen LogP contribution in [0.15, 0.2) is 43.0 Å². The number of aromatic nitrogens is 5. The number of aliphatic hydroxyl groups excluding tert-OH is 1. The number of pyridine rings is 1. The van der Waals surface area contributed by atoms with Crippen LogP contribution < -0.4 is 15.4 Å². The Kier molecular flexibility index (Phi) is 6.72.